The molecule has 1 aliphatic rings. The van der Waals surface area contributed by atoms with Crippen molar-refractivity contribution in [3.8, 4) is 21.8 Å². The highest BCUT2D eigenvalue weighted by atomic mass is 32.1. The van der Waals surface area contributed by atoms with Crippen LogP contribution in [0, 0.1) is 12.8 Å². The Morgan fingerprint density at radius 2 is 2.06 bits per heavy atom. The van der Waals surface area contributed by atoms with Gasteiger partial charge in [-0.05, 0) is 69.4 Å². The van der Waals surface area contributed by atoms with Gasteiger partial charge in [-0.25, -0.2) is 15.0 Å². The first kappa shape index (κ1) is 24.0. The number of hydrogen-bond donors (Lipinski definition) is 3. The summed E-state index contributed by atoms with van der Waals surface area (Å²) in [6, 6.07) is 7.68. The molecular weight excluding hydrogens is 478 g/mol. The van der Waals surface area contributed by atoms with Gasteiger partial charge in [0.05, 0.1) is 23.1 Å². The lowest BCUT2D eigenvalue weighted by Gasteiger charge is -2.33. The van der Waals surface area contributed by atoms with Crippen molar-refractivity contribution in [1.82, 2.24) is 30.4 Å². The maximum absolute atomic E-state index is 12.1. The van der Waals surface area contributed by atoms with Crippen molar-refractivity contribution in [3.05, 3.63) is 53.4 Å². The minimum Gasteiger partial charge on any atom is -0.466 e. The second-order valence-electron chi connectivity index (χ2n) is 8.92. The third-order valence-electron chi connectivity index (χ3n) is 6.29. The molecule has 0 unspecified atom stereocenters. The van der Waals surface area contributed by atoms with E-state index in [1.165, 1.54) is 11.3 Å². The van der Waals surface area contributed by atoms with E-state index in [0.29, 0.717) is 48.9 Å². The molecule has 0 aliphatic heterocycles. The van der Waals surface area contributed by atoms with Crippen LogP contribution in [-0.4, -0.2) is 48.0 Å². The van der Waals surface area contributed by atoms with E-state index in [-0.39, 0.29) is 11.9 Å². The summed E-state index contributed by atoms with van der Waals surface area (Å²) in [5, 5.41) is 25.7. The van der Waals surface area contributed by atoms with Crippen molar-refractivity contribution >= 4 is 28.9 Å². The SMILES string of the molecule is CCOC(=O)[C@H]1CC[C@@](O)(c2ncc(-c3cc(C)cc(Nc4cc(-c5c[nH]nn5)ccn4)n3)s2)CC1. The molecule has 0 aromatic carbocycles. The predicted molar refractivity (Wildman–Crippen MR) is 135 cm³/mol. The predicted octanol–water partition coefficient (Wildman–Crippen LogP) is 4.38. The smallest absolute Gasteiger partial charge is 0.308 e. The van der Waals surface area contributed by atoms with Crippen LogP contribution in [0.2, 0.25) is 0 Å². The summed E-state index contributed by atoms with van der Waals surface area (Å²) >= 11 is 1.43. The molecule has 0 amide bonds. The van der Waals surface area contributed by atoms with Gasteiger partial charge in [0.25, 0.3) is 0 Å². The van der Waals surface area contributed by atoms with Crippen molar-refractivity contribution in [3.63, 3.8) is 0 Å². The van der Waals surface area contributed by atoms with E-state index < -0.39 is 5.60 Å². The number of aliphatic hydroxyl groups is 1. The van der Waals surface area contributed by atoms with Crippen molar-refractivity contribution in [2.45, 2.75) is 45.1 Å². The van der Waals surface area contributed by atoms with Crippen LogP contribution in [-0.2, 0) is 15.1 Å². The van der Waals surface area contributed by atoms with Gasteiger partial charge in [-0.15, -0.1) is 16.4 Å². The van der Waals surface area contributed by atoms with Crippen molar-refractivity contribution < 1.29 is 14.6 Å². The number of anilines is 2. The Kier molecular flexibility index (Phi) is 6.75. The van der Waals surface area contributed by atoms with E-state index in [1.807, 2.05) is 31.2 Å². The normalized spacial score (nSPS) is 19.7. The van der Waals surface area contributed by atoms with Crippen LogP contribution < -0.4 is 5.32 Å². The summed E-state index contributed by atoms with van der Waals surface area (Å²) in [5.74, 6) is 0.952. The maximum Gasteiger partial charge on any atom is 0.308 e. The number of ether oxygens (including phenoxy) is 1. The molecule has 0 spiro atoms. The van der Waals surface area contributed by atoms with Gasteiger partial charge in [0.2, 0.25) is 0 Å². The van der Waals surface area contributed by atoms with Crippen molar-refractivity contribution in [1.29, 1.82) is 0 Å². The molecular formula is C25H27N7O3S. The van der Waals surface area contributed by atoms with E-state index in [4.69, 9.17) is 9.72 Å². The standard InChI is InChI=1S/C25H27N7O3S/c1-3-35-23(33)16-4-7-25(34,8-5-16)24-27-14-20(36-24)18-10-15(2)11-22(29-18)30-21-12-17(6-9-26-21)19-13-28-32-31-19/h6,9-14,16,34H,3-5,7-8H2,1-2H3,(H,26,29,30)(H,28,31,32)/t16-,25-. The quantitative estimate of drug-likeness (QED) is 0.312. The Hall–Kier alpha value is -3.70. The Morgan fingerprint density at radius 3 is 2.81 bits per heavy atom. The van der Waals surface area contributed by atoms with Crippen LogP contribution in [0.4, 0.5) is 11.6 Å². The molecule has 1 saturated carbocycles. The average molecular weight is 506 g/mol. The Bertz CT molecular complexity index is 1350. The van der Waals surface area contributed by atoms with Gasteiger partial charge in [-0.1, -0.05) is 5.21 Å². The largest absolute Gasteiger partial charge is 0.466 e. The molecule has 0 radical (unpaired) electrons. The summed E-state index contributed by atoms with van der Waals surface area (Å²) in [6.07, 6.45) is 7.31. The number of thiazole rings is 1. The molecule has 10 nitrogen and oxygen atoms in total. The van der Waals surface area contributed by atoms with Crippen LogP contribution in [0.3, 0.4) is 0 Å². The number of aromatic nitrogens is 6. The molecule has 0 bridgehead atoms. The van der Waals surface area contributed by atoms with E-state index in [2.05, 4.69) is 30.7 Å². The Labute approximate surface area is 212 Å². The van der Waals surface area contributed by atoms with Crippen LogP contribution in [0.1, 0.15) is 43.2 Å². The fourth-order valence-electron chi connectivity index (χ4n) is 4.40. The lowest BCUT2D eigenvalue weighted by Crippen LogP contribution is -2.34. The average Bonchev–Trinajstić information content (AvgIpc) is 3.58. The number of pyridine rings is 2. The second-order valence-corrected chi connectivity index (χ2v) is 9.95. The number of H-pyrrole nitrogens is 1. The molecule has 4 aromatic rings. The number of carbonyl (C=O) groups is 1. The lowest BCUT2D eigenvalue weighted by molar-refractivity contribution is -0.151. The van der Waals surface area contributed by atoms with Crippen LogP contribution in [0.5, 0.6) is 0 Å². The summed E-state index contributed by atoms with van der Waals surface area (Å²) in [5.41, 5.74) is 2.36. The van der Waals surface area contributed by atoms with Crippen LogP contribution in [0.15, 0.2) is 42.9 Å². The molecule has 4 aromatic heterocycles. The lowest BCUT2D eigenvalue weighted by atomic mass is 9.79. The number of aromatic amines is 1. The topological polar surface area (TPSA) is 139 Å². The first-order chi connectivity index (χ1) is 17.4. The number of nitrogens with one attached hydrogen (secondary N) is 2. The molecule has 1 aliphatic carbocycles. The van der Waals surface area contributed by atoms with Gasteiger partial charge >= 0.3 is 5.97 Å². The van der Waals surface area contributed by atoms with E-state index in [9.17, 15) is 9.90 Å². The summed E-state index contributed by atoms with van der Waals surface area (Å²) in [6.45, 7) is 4.18. The monoisotopic (exact) mass is 505 g/mol. The van der Waals surface area contributed by atoms with E-state index in [0.717, 1.165) is 27.4 Å². The highest BCUT2D eigenvalue weighted by Crippen LogP contribution is 2.42. The molecule has 0 saturated heterocycles. The fourth-order valence-corrected chi connectivity index (χ4v) is 5.42. The number of aryl methyl sites for hydroxylation is 1. The second kappa shape index (κ2) is 10.1. The Balaban J connectivity index is 1.33. The summed E-state index contributed by atoms with van der Waals surface area (Å²) in [7, 11) is 0. The third-order valence-corrected chi connectivity index (χ3v) is 7.50. The zero-order valence-corrected chi connectivity index (χ0v) is 20.9. The van der Waals surface area contributed by atoms with Gasteiger partial charge in [0.15, 0.2) is 0 Å². The molecule has 1 fully saturated rings. The zero-order chi connectivity index (χ0) is 25.1. The number of rotatable bonds is 7. The number of nitrogens with zero attached hydrogens (tertiary/aromatic N) is 5. The first-order valence-corrected chi connectivity index (χ1v) is 12.7. The fraction of sp³-hybridized carbons (Fsp3) is 0.360. The molecule has 3 N–H and O–H groups in total. The molecule has 5 rings (SSSR count). The van der Waals surface area contributed by atoms with Gasteiger partial charge in [-0.3, -0.25) is 9.89 Å². The zero-order valence-electron chi connectivity index (χ0n) is 20.1. The maximum atomic E-state index is 12.1. The molecule has 0 atom stereocenters. The number of hydrogen-bond acceptors (Lipinski definition) is 10. The van der Waals surface area contributed by atoms with Crippen LogP contribution >= 0.6 is 11.3 Å². The van der Waals surface area contributed by atoms with Crippen molar-refractivity contribution in [2.75, 3.05) is 11.9 Å². The molecule has 11 heteroatoms. The van der Waals surface area contributed by atoms with Gasteiger partial charge in [0.1, 0.15) is 27.9 Å². The third kappa shape index (κ3) is 5.12. The highest BCUT2D eigenvalue weighted by Gasteiger charge is 2.39. The van der Waals surface area contributed by atoms with E-state index >= 15 is 0 Å². The van der Waals surface area contributed by atoms with Gasteiger partial charge < -0.3 is 15.2 Å². The minimum absolute atomic E-state index is 0.159. The van der Waals surface area contributed by atoms with E-state index in [1.54, 1.807) is 25.5 Å². The molecule has 186 valence electrons. The van der Waals surface area contributed by atoms with Crippen molar-refractivity contribution in [2.24, 2.45) is 5.92 Å². The van der Waals surface area contributed by atoms with Gasteiger partial charge in [-0.2, -0.15) is 0 Å². The number of esters is 1. The first-order valence-electron chi connectivity index (χ1n) is 11.9. The summed E-state index contributed by atoms with van der Waals surface area (Å²) in [4.78, 5) is 26.6. The van der Waals surface area contributed by atoms with Gasteiger partial charge in [0, 0.05) is 24.2 Å². The summed E-state index contributed by atoms with van der Waals surface area (Å²) < 4.78 is 5.15. The Morgan fingerprint density at radius 1 is 1.22 bits per heavy atom. The highest BCUT2D eigenvalue weighted by molar-refractivity contribution is 7.15. The molecule has 4 heterocycles. The molecule has 36 heavy (non-hydrogen) atoms. The number of carbonyl (C=O) groups excluding carboxylic acids is 1. The van der Waals surface area contributed by atoms with Crippen LogP contribution in [0.25, 0.3) is 21.8 Å². The minimum atomic E-state index is -1.04.